The Balaban J connectivity index is 1.55. The lowest BCUT2D eigenvalue weighted by Crippen LogP contribution is -2.31. The van der Waals surface area contributed by atoms with Crippen molar-refractivity contribution in [3.05, 3.63) is 60.4 Å². The second kappa shape index (κ2) is 9.12. The standard InChI is InChI=1S/C23H24N8O3/c1-13-5-7-26-15(8-13)11-27-20-18-21(30-19(29-20)14-4-3-6-25-10-14)31(12-28-18)23-16(32)9-17(34-23)22(33)24-2/h3-8,10,12,16-17,23,32H,9,11H2,1-2H3,(H,24,33)(H,27,29,30)/t16-,17+,23-/m1/s1. The van der Waals surface area contributed by atoms with Gasteiger partial charge in [-0.05, 0) is 36.8 Å². The number of pyridine rings is 2. The van der Waals surface area contributed by atoms with Gasteiger partial charge in [-0.2, -0.15) is 0 Å². The summed E-state index contributed by atoms with van der Waals surface area (Å²) in [4.78, 5) is 34.5. The molecular weight excluding hydrogens is 436 g/mol. The molecule has 1 aliphatic rings. The summed E-state index contributed by atoms with van der Waals surface area (Å²) in [5.41, 5.74) is 3.68. The Hall–Kier alpha value is -3.96. The maximum atomic E-state index is 12.1. The molecule has 0 spiro atoms. The number of aliphatic hydroxyl groups is 1. The van der Waals surface area contributed by atoms with E-state index < -0.39 is 18.4 Å². The van der Waals surface area contributed by atoms with E-state index in [1.165, 1.54) is 7.05 Å². The van der Waals surface area contributed by atoms with E-state index in [1.807, 2.05) is 31.2 Å². The molecule has 0 aliphatic carbocycles. The van der Waals surface area contributed by atoms with Crippen LogP contribution in [0.1, 0.15) is 23.9 Å². The number of nitrogens with one attached hydrogen (secondary N) is 2. The third-order valence-electron chi connectivity index (χ3n) is 5.65. The highest BCUT2D eigenvalue weighted by molar-refractivity contribution is 5.85. The number of aryl methyl sites for hydroxylation is 1. The number of aromatic nitrogens is 6. The van der Waals surface area contributed by atoms with Gasteiger partial charge in [-0.1, -0.05) is 0 Å². The van der Waals surface area contributed by atoms with E-state index >= 15 is 0 Å². The number of fused-ring (bicyclic) bond motifs is 1. The van der Waals surface area contributed by atoms with Gasteiger partial charge >= 0.3 is 0 Å². The van der Waals surface area contributed by atoms with Crippen molar-refractivity contribution in [2.24, 2.45) is 0 Å². The van der Waals surface area contributed by atoms with Crippen LogP contribution in [-0.4, -0.2) is 59.8 Å². The zero-order chi connectivity index (χ0) is 23.7. The maximum absolute atomic E-state index is 12.1. The molecule has 1 aliphatic heterocycles. The van der Waals surface area contributed by atoms with E-state index in [4.69, 9.17) is 14.7 Å². The molecule has 4 aromatic heterocycles. The number of ether oxygens (including phenoxy) is 1. The van der Waals surface area contributed by atoms with Gasteiger partial charge in [-0.15, -0.1) is 0 Å². The lowest BCUT2D eigenvalue weighted by molar-refractivity contribution is -0.134. The number of likely N-dealkylation sites (N-methyl/N-ethyl adjacent to an activating group) is 1. The van der Waals surface area contributed by atoms with Crippen LogP contribution in [0, 0.1) is 6.92 Å². The number of rotatable bonds is 6. The summed E-state index contributed by atoms with van der Waals surface area (Å²) in [7, 11) is 1.53. The van der Waals surface area contributed by atoms with Crippen LogP contribution in [0.15, 0.2) is 49.2 Å². The average Bonchev–Trinajstić information content (AvgIpc) is 3.45. The lowest BCUT2D eigenvalue weighted by atomic mass is 10.2. The van der Waals surface area contributed by atoms with Crippen molar-refractivity contribution in [3.8, 4) is 11.4 Å². The Morgan fingerprint density at radius 1 is 1.26 bits per heavy atom. The second-order valence-electron chi connectivity index (χ2n) is 8.07. The van der Waals surface area contributed by atoms with E-state index in [0.29, 0.717) is 29.4 Å². The number of carbonyl (C=O) groups is 1. The van der Waals surface area contributed by atoms with Crippen LogP contribution in [0.2, 0.25) is 0 Å². The first-order valence-electron chi connectivity index (χ1n) is 10.9. The van der Waals surface area contributed by atoms with Gasteiger partial charge in [0.1, 0.15) is 12.2 Å². The molecule has 1 saturated heterocycles. The predicted octanol–water partition coefficient (Wildman–Crippen LogP) is 1.60. The largest absolute Gasteiger partial charge is 0.388 e. The van der Waals surface area contributed by atoms with Crippen LogP contribution in [0.25, 0.3) is 22.6 Å². The van der Waals surface area contributed by atoms with Crippen molar-refractivity contribution in [1.82, 2.24) is 34.8 Å². The van der Waals surface area contributed by atoms with Gasteiger partial charge in [0.25, 0.3) is 0 Å². The molecule has 174 valence electrons. The minimum absolute atomic E-state index is 0.175. The topological polar surface area (TPSA) is 140 Å². The Kier molecular flexibility index (Phi) is 5.86. The van der Waals surface area contributed by atoms with Gasteiger partial charge in [-0.25, -0.2) is 15.0 Å². The molecule has 4 aromatic rings. The molecule has 11 nitrogen and oxygen atoms in total. The smallest absolute Gasteiger partial charge is 0.249 e. The van der Waals surface area contributed by atoms with Crippen LogP contribution in [0.4, 0.5) is 5.82 Å². The minimum Gasteiger partial charge on any atom is -0.388 e. The molecule has 5 heterocycles. The fourth-order valence-electron chi connectivity index (χ4n) is 3.95. The number of aliphatic hydroxyl groups excluding tert-OH is 1. The molecule has 34 heavy (non-hydrogen) atoms. The fourth-order valence-corrected chi connectivity index (χ4v) is 3.95. The molecule has 5 rings (SSSR count). The Bertz CT molecular complexity index is 1330. The third kappa shape index (κ3) is 4.18. The number of amides is 1. The number of imidazole rings is 1. The van der Waals surface area contributed by atoms with Crippen molar-refractivity contribution in [1.29, 1.82) is 0 Å². The van der Waals surface area contributed by atoms with Gasteiger partial charge in [0.15, 0.2) is 29.0 Å². The fraction of sp³-hybridized carbons (Fsp3) is 0.304. The highest BCUT2D eigenvalue weighted by atomic mass is 16.5. The van der Waals surface area contributed by atoms with Crippen molar-refractivity contribution in [2.45, 2.75) is 38.3 Å². The quantitative estimate of drug-likeness (QED) is 0.391. The average molecular weight is 460 g/mol. The summed E-state index contributed by atoms with van der Waals surface area (Å²) < 4.78 is 7.50. The molecular formula is C23H24N8O3. The van der Waals surface area contributed by atoms with Crippen LogP contribution in [0.5, 0.6) is 0 Å². The Labute approximate surface area is 195 Å². The van der Waals surface area contributed by atoms with Crippen molar-refractivity contribution >= 4 is 22.9 Å². The molecule has 0 radical (unpaired) electrons. The van der Waals surface area contributed by atoms with E-state index in [1.54, 1.807) is 29.5 Å². The SMILES string of the molecule is CNC(=O)[C@@H]1C[C@@H](O)[C@H](n2cnc3c(NCc4cc(C)ccn4)nc(-c4cccnc4)nc32)O1. The Morgan fingerprint density at radius 2 is 2.15 bits per heavy atom. The van der Waals surface area contributed by atoms with Crippen LogP contribution in [0.3, 0.4) is 0 Å². The Morgan fingerprint density at radius 3 is 2.91 bits per heavy atom. The number of nitrogens with zero attached hydrogens (tertiary/aromatic N) is 6. The summed E-state index contributed by atoms with van der Waals surface area (Å²) in [5.74, 6) is 0.670. The number of anilines is 1. The first-order valence-corrected chi connectivity index (χ1v) is 10.9. The normalized spacial score (nSPS) is 19.9. The number of carbonyl (C=O) groups excluding carboxylic acids is 1. The molecule has 1 amide bonds. The van der Waals surface area contributed by atoms with Gasteiger partial charge in [0.05, 0.1) is 18.6 Å². The zero-order valence-corrected chi connectivity index (χ0v) is 18.7. The minimum atomic E-state index is -0.899. The second-order valence-corrected chi connectivity index (χ2v) is 8.07. The first kappa shape index (κ1) is 21.9. The monoisotopic (exact) mass is 460 g/mol. The molecule has 3 N–H and O–H groups in total. The molecule has 0 aromatic carbocycles. The zero-order valence-electron chi connectivity index (χ0n) is 18.7. The van der Waals surface area contributed by atoms with Crippen LogP contribution >= 0.6 is 0 Å². The summed E-state index contributed by atoms with van der Waals surface area (Å²) in [6.45, 7) is 2.45. The van der Waals surface area contributed by atoms with Gasteiger partial charge < -0.3 is 20.5 Å². The molecule has 0 saturated carbocycles. The van der Waals surface area contributed by atoms with Crippen molar-refractivity contribution < 1.29 is 14.6 Å². The summed E-state index contributed by atoms with van der Waals surface area (Å²) in [5, 5.41) is 16.5. The summed E-state index contributed by atoms with van der Waals surface area (Å²) >= 11 is 0. The van der Waals surface area contributed by atoms with E-state index in [9.17, 15) is 9.90 Å². The predicted molar refractivity (Wildman–Crippen MR) is 123 cm³/mol. The highest BCUT2D eigenvalue weighted by Crippen LogP contribution is 2.33. The van der Waals surface area contributed by atoms with Crippen molar-refractivity contribution in [2.75, 3.05) is 12.4 Å². The van der Waals surface area contributed by atoms with E-state index in [0.717, 1.165) is 16.8 Å². The first-order chi connectivity index (χ1) is 16.5. The van der Waals surface area contributed by atoms with Gasteiger partial charge in [-0.3, -0.25) is 19.3 Å². The number of hydrogen-bond acceptors (Lipinski definition) is 9. The molecule has 1 fully saturated rings. The third-order valence-corrected chi connectivity index (χ3v) is 5.65. The van der Waals surface area contributed by atoms with Crippen molar-refractivity contribution in [3.63, 3.8) is 0 Å². The summed E-state index contributed by atoms with van der Waals surface area (Å²) in [6, 6.07) is 7.60. The van der Waals surface area contributed by atoms with E-state index in [-0.39, 0.29) is 12.3 Å². The number of hydrogen-bond donors (Lipinski definition) is 3. The molecule has 3 atom stereocenters. The molecule has 0 bridgehead atoms. The summed E-state index contributed by atoms with van der Waals surface area (Å²) in [6.07, 6.45) is 4.37. The van der Waals surface area contributed by atoms with Gasteiger partial charge in [0.2, 0.25) is 5.91 Å². The molecule has 11 heteroatoms. The lowest BCUT2D eigenvalue weighted by Gasteiger charge is -2.17. The molecule has 0 unspecified atom stereocenters. The van der Waals surface area contributed by atoms with Crippen LogP contribution < -0.4 is 10.6 Å². The van der Waals surface area contributed by atoms with E-state index in [2.05, 4.69) is 25.6 Å². The maximum Gasteiger partial charge on any atom is 0.249 e. The highest BCUT2D eigenvalue weighted by Gasteiger charge is 2.39. The van der Waals surface area contributed by atoms with Gasteiger partial charge in [0, 0.05) is 37.6 Å². The van der Waals surface area contributed by atoms with Crippen LogP contribution in [-0.2, 0) is 16.1 Å².